The molecule has 0 saturated carbocycles. The van der Waals surface area contributed by atoms with Gasteiger partial charge in [0.2, 0.25) is 0 Å². The molecule has 2 aromatic rings. The van der Waals surface area contributed by atoms with Crippen LogP contribution < -0.4 is 10.6 Å². The van der Waals surface area contributed by atoms with Crippen molar-refractivity contribution >= 4 is 35.8 Å². The van der Waals surface area contributed by atoms with Crippen LogP contribution in [-0.4, -0.2) is 6.54 Å². The SMILES string of the molecule is Cl.Clc1ccc(CSc2ccccc2C2NC=CCN2)cc1. The van der Waals surface area contributed by atoms with Gasteiger partial charge in [0, 0.05) is 27.8 Å². The molecule has 116 valence electrons. The van der Waals surface area contributed by atoms with E-state index in [0.29, 0.717) is 0 Å². The molecule has 0 amide bonds. The Morgan fingerprint density at radius 2 is 1.86 bits per heavy atom. The number of nitrogens with one attached hydrogen (secondary N) is 2. The summed E-state index contributed by atoms with van der Waals surface area (Å²) < 4.78 is 0. The summed E-state index contributed by atoms with van der Waals surface area (Å²) in [5, 5.41) is 7.60. The van der Waals surface area contributed by atoms with Crippen molar-refractivity contribution in [2.45, 2.75) is 16.8 Å². The zero-order chi connectivity index (χ0) is 14.5. The van der Waals surface area contributed by atoms with E-state index in [4.69, 9.17) is 11.6 Å². The van der Waals surface area contributed by atoms with Crippen LogP contribution in [0.3, 0.4) is 0 Å². The monoisotopic (exact) mass is 352 g/mol. The van der Waals surface area contributed by atoms with Crippen LogP contribution in [0.5, 0.6) is 0 Å². The molecule has 1 unspecified atom stereocenters. The summed E-state index contributed by atoms with van der Waals surface area (Å²) in [6.45, 7) is 0.897. The highest BCUT2D eigenvalue weighted by Crippen LogP contribution is 2.30. The highest BCUT2D eigenvalue weighted by atomic mass is 35.5. The molecular weight excluding hydrogens is 335 g/mol. The molecule has 0 bridgehead atoms. The van der Waals surface area contributed by atoms with E-state index in [9.17, 15) is 0 Å². The molecule has 0 spiro atoms. The summed E-state index contributed by atoms with van der Waals surface area (Å²) in [4.78, 5) is 1.30. The average molecular weight is 353 g/mol. The number of thioether (sulfide) groups is 1. The molecule has 3 rings (SSSR count). The van der Waals surface area contributed by atoms with Crippen molar-refractivity contribution in [1.82, 2.24) is 10.6 Å². The van der Waals surface area contributed by atoms with Crippen LogP contribution in [0.25, 0.3) is 0 Å². The van der Waals surface area contributed by atoms with Gasteiger partial charge >= 0.3 is 0 Å². The van der Waals surface area contributed by atoms with Gasteiger partial charge in [0.15, 0.2) is 0 Å². The predicted octanol–water partition coefficient (Wildman–Crippen LogP) is 4.76. The van der Waals surface area contributed by atoms with Crippen molar-refractivity contribution < 1.29 is 0 Å². The van der Waals surface area contributed by atoms with E-state index < -0.39 is 0 Å². The Bertz CT molecular complexity index is 629. The van der Waals surface area contributed by atoms with Crippen molar-refractivity contribution in [3.8, 4) is 0 Å². The third kappa shape index (κ3) is 4.43. The smallest absolute Gasteiger partial charge is 0.104 e. The minimum Gasteiger partial charge on any atom is -0.372 e. The fourth-order valence-electron chi connectivity index (χ4n) is 2.26. The van der Waals surface area contributed by atoms with Crippen molar-refractivity contribution in [2.24, 2.45) is 0 Å². The first-order valence-corrected chi connectivity index (χ1v) is 8.30. The summed E-state index contributed by atoms with van der Waals surface area (Å²) in [5.74, 6) is 0.941. The van der Waals surface area contributed by atoms with Crippen molar-refractivity contribution in [2.75, 3.05) is 6.54 Å². The van der Waals surface area contributed by atoms with Gasteiger partial charge in [-0.3, -0.25) is 5.32 Å². The van der Waals surface area contributed by atoms with Crippen molar-refractivity contribution in [3.63, 3.8) is 0 Å². The summed E-state index contributed by atoms with van der Waals surface area (Å²) in [5.41, 5.74) is 2.57. The number of benzene rings is 2. The van der Waals surface area contributed by atoms with Gasteiger partial charge in [-0.05, 0) is 30.0 Å². The second-order valence-electron chi connectivity index (χ2n) is 4.86. The molecule has 1 atom stereocenters. The van der Waals surface area contributed by atoms with Gasteiger partial charge in [0.25, 0.3) is 0 Å². The fourth-order valence-corrected chi connectivity index (χ4v) is 3.43. The molecule has 1 heterocycles. The molecule has 22 heavy (non-hydrogen) atoms. The Morgan fingerprint density at radius 3 is 2.59 bits per heavy atom. The maximum absolute atomic E-state index is 5.93. The maximum atomic E-state index is 5.93. The highest BCUT2D eigenvalue weighted by molar-refractivity contribution is 7.98. The van der Waals surface area contributed by atoms with Crippen molar-refractivity contribution in [1.29, 1.82) is 0 Å². The van der Waals surface area contributed by atoms with Gasteiger partial charge < -0.3 is 5.32 Å². The van der Waals surface area contributed by atoms with Crippen LogP contribution in [0.1, 0.15) is 17.3 Å². The first-order chi connectivity index (χ1) is 10.3. The largest absolute Gasteiger partial charge is 0.372 e. The van der Waals surface area contributed by atoms with Gasteiger partial charge in [0.05, 0.1) is 0 Å². The van der Waals surface area contributed by atoms with Gasteiger partial charge in [-0.2, -0.15) is 0 Å². The Hall–Kier alpha value is -1.13. The van der Waals surface area contributed by atoms with E-state index in [1.54, 1.807) is 0 Å². The summed E-state index contributed by atoms with van der Waals surface area (Å²) in [6, 6.07) is 16.6. The standard InChI is InChI=1S/C17H17ClN2S.ClH/c18-14-8-6-13(7-9-14)12-21-16-5-2-1-4-15(16)17-19-10-3-11-20-17;/h1-10,17,19-20H,11-12H2;1H. The predicted molar refractivity (Wildman–Crippen MR) is 97.7 cm³/mol. The zero-order valence-electron chi connectivity index (χ0n) is 12.0. The maximum Gasteiger partial charge on any atom is 0.104 e. The molecule has 2 aromatic carbocycles. The topological polar surface area (TPSA) is 24.1 Å². The number of hydrogen-bond acceptors (Lipinski definition) is 3. The molecule has 1 aliphatic rings. The first kappa shape index (κ1) is 17.2. The van der Waals surface area contributed by atoms with Crippen LogP contribution in [0, 0.1) is 0 Å². The van der Waals surface area contributed by atoms with E-state index in [2.05, 4.69) is 53.1 Å². The lowest BCUT2D eigenvalue weighted by atomic mass is 10.1. The minimum absolute atomic E-state index is 0. The second kappa shape index (κ2) is 8.49. The zero-order valence-corrected chi connectivity index (χ0v) is 14.3. The Balaban J connectivity index is 0.00000176. The van der Waals surface area contributed by atoms with Gasteiger partial charge in [0.1, 0.15) is 6.17 Å². The molecule has 1 aliphatic heterocycles. The molecular formula is C17H18Cl2N2S. The van der Waals surface area contributed by atoms with E-state index >= 15 is 0 Å². The van der Waals surface area contributed by atoms with E-state index in [-0.39, 0.29) is 18.6 Å². The fraction of sp³-hybridized carbons (Fsp3) is 0.176. The summed E-state index contributed by atoms with van der Waals surface area (Å²) >= 11 is 7.78. The lowest BCUT2D eigenvalue weighted by Crippen LogP contribution is -2.35. The van der Waals surface area contributed by atoms with E-state index in [1.807, 2.05) is 30.1 Å². The van der Waals surface area contributed by atoms with Crippen LogP contribution in [-0.2, 0) is 5.75 Å². The Morgan fingerprint density at radius 1 is 1.09 bits per heavy atom. The highest BCUT2D eigenvalue weighted by Gasteiger charge is 2.14. The van der Waals surface area contributed by atoms with Crippen LogP contribution >= 0.6 is 35.8 Å². The molecule has 0 aliphatic carbocycles. The lowest BCUT2D eigenvalue weighted by Gasteiger charge is -2.24. The third-order valence-electron chi connectivity index (χ3n) is 3.36. The van der Waals surface area contributed by atoms with Crippen LogP contribution in [0.2, 0.25) is 5.02 Å². The first-order valence-electron chi connectivity index (χ1n) is 6.93. The van der Waals surface area contributed by atoms with Crippen LogP contribution in [0.15, 0.2) is 65.7 Å². The van der Waals surface area contributed by atoms with Gasteiger partial charge in [-0.15, -0.1) is 24.2 Å². The minimum atomic E-state index is 0. The number of halogens is 2. The van der Waals surface area contributed by atoms with E-state index in [1.165, 1.54) is 16.0 Å². The lowest BCUT2D eigenvalue weighted by molar-refractivity contribution is 0.491. The number of hydrogen-bond donors (Lipinski definition) is 2. The van der Waals surface area contributed by atoms with Crippen molar-refractivity contribution in [3.05, 3.63) is 77.0 Å². The number of rotatable bonds is 4. The molecule has 5 heteroatoms. The molecule has 0 aromatic heterocycles. The quantitative estimate of drug-likeness (QED) is 0.775. The Labute approximate surface area is 146 Å². The Kier molecular flexibility index (Phi) is 6.65. The third-order valence-corrected chi connectivity index (χ3v) is 4.77. The van der Waals surface area contributed by atoms with Crippen LogP contribution in [0.4, 0.5) is 0 Å². The molecule has 0 radical (unpaired) electrons. The summed E-state index contributed by atoms with van der Waals surface area (Å²) in [7, 11) is 0. The van der Waals surface area contributed by atoms with Gasteiger partial charge in [-0.25, -0.2) is 0 Å². The summed E-state index contributed by atoms with van der Waals surface area (Å²) in [6.07, 6.45) is 4.28. The average Bonchev–Trinajstić information content (AvgIpc) is 2.55. The molecule has 0 fully saturated rings. The van der Waals surface area contributed by atoms with E-state index in [0.717, 1.165) is 17.3 Å². The van der Waals surface area contributed by atoms with Gasteiger partial charge in [-0.1, -0.05) is 48.0 Å². The second-order valence-corrected chi connectivity index (χ2v) is 6.32. The molecule has 2 N–H and O–H groups in total. The molecule has 0 saturated heterocycles. The molecule has 2 nitrogen and oxygen atoms in total. The normalized spacial score (nSPS) is 16.7.